The van der Waals surface area contributed by atoms with E-state index in [1.165, 1.54) is 0 Å². The predicted octanol–water partition coefficient (Wildman–Crippen LogP) is 2.18. The Labute approximate surface area is 111 Å². The van der Waals surface area contributed by atoms with Crippen LogP contribution in [0.3, 0.4) is 0 Å². The highest BCUT2D eigenvalue weighted by atomic mass is 16.4. The van der Waals surface area contributed by atoms with Gasteiger partial charge in [-0.25, -0.2) is 4.79 Å². The van der Waals surface area contributed by atoms with Gasteiger partial charge in [0.15, 0.2) is 5.58 Å². The lowest BCUT2D eigenvalue weighted by Gasteiger charge is -2.24. The highest BCUT2D eigenvalue weighted by Gasteiger charge is 2.25. The zero-order chi connectivity index (χ0) is 14.0. The SMILES string of the molecule is CNC(c1ccc2oc(=O)[nH]c2c1)C(C#N)C(C)C. The van der Waals surface area contributed by atoms with Crippen LogP contribution in [0.25, 0.3) is 11.1 Å². The quantitative estimate of drug-likeness (QED) is 0.881. The monoisotopic (exact) mass is 259 g/mol. The summed E-state index contributed by atoms with van der Waals surface area (Å²) in [6.07, 6.45) is 0. The third-order valence-electron chi connectivity index (χ3n) is 3.34. The first-order valence-electron chi connectivity index (χ1n) is 6.26. The van der Waals surface area contributed by atoms with Crippen molar-refractivity contribution in [3.05, 3.63) is 34.3 Å². The normalized spacial score (nSPS) is 14.5. The van der Waals surface area contributed by atoms with Crippen molar-refractivity contribution in [3.63, 3.8) is 0 Å². The summed E-state index contributed by atoms with van der Waals surface area (Å²) in [5, 5.41) is 12.5. The number of nitrogens with zero attached hydrogens (tertiary/aromatic N) is 1. The lowest BCUT2D eigenvalue weighted by Crippen LogP contribution is -2.27. The molecule has 19 heavy (non-hydrogen) atoms. The van der Waals surface area contributed by atoms with Crippen molar-refractivity contribution in [2.24, 2.45) is 11.8 Å². The third kappa shape index (κ3) is 2.54. The van der Waals surface area contributed by atoms with Gasteiger partial charge in [-0.1, -0.05) is 19.9 Å². The Morgan fingerprint density at radius 1 is 1.42 bits per heavy atom. The molecule has 0 aliphatic carbocycles. The van der Waals surface area contributed by atoms with Gasteiger partial charge in [-0.2, -0.15) is 5.26 Å². The number of nitriles is 1. The molecule has 0 radical (unpaired) electrons. The average molecular weight is 259 g/mol. The Kier molecular flexibility index (Phi) is 3.72. The minimum atomic E-state index is -0.464. The molecule has 1 aromatic carbocycles. The minimum Gasteiger partial charge on any atom is -0.408 e. The summed E-state index contributed by atoms with van der Waals surface area (Å²) in [5.74, 6) is -0.364. The van der Waals surface area contributed by atoms with Gasteiger partial charge in [0.2, 0.25) is 0 Å². The van der Waals surface area contributed by atoms with Crippen molar-refractivity contribution >= 4 is 11.1 Å². The summed E-state index contributed by atoms with van der Waals surface area (Å²) < 4.78 is 4.97. The van der Waals surface area contributed by atoms with Crippen molar-refractivity contribution in [1.82, 2.24) is 10.3 Å². The first-order chi connectivity index (χ1) is 9.06. The van der Waals surface area contributed by atoms with Gasteiger partial charge in [-0.3, -0.25) is 4.98 Å². The van der Waals surface area contributed by atoms with Crippen molar-refractivity contribution in [2.45, 2.75) is 19.9 Å². The molecule has 2 unspecified atom stereocenters. The zero-order valence-electron chi connectivity index (χ0n) is 11.2. The summed E-state index contributed by atoms with van der Waals surface area (Å²) in [5.41, 5.74) is 2.15. The highest BCUT2D eigenvalue weighted by molar-refractivity contribution is 5.73. The Bertz CT molecular complexity index is 663. The van der Waals surface area contributed by atoms with Gasteiger partial charge in [0.25, 0.3) is 0 Å². The lowest BCUT2D eigenvalue weighted by atomic mass is 9.85. The number of rotatable bonds is 4. The lowest BCUT2D eigenvalue weighted by molar-refractivity contribution is 0.363. The van der Waals surface area contributed by atoms with E-state index in [-0.39, 0.29) is 17.9 Å². The molecule has 0 fully saturated rings. The average Bonchev–Trinajstić information content (AvgIpc) is 2.74. The first-order valence-corrected chi connectivity index (χ1v) is 6.26. The molecule has 0 saturated heterocycles. The largest absolute Gasteiger partial charge is 0.417 e. The van der Waals surface area contributed by atoms with Crippen LogP contribution in [-0.4, -0.2) is 12.0 Å². The summed E-state index contributed by atoms with van der Waals surface area (Å²) in [6.45, 7) is 4.05. The van der Waals surface area contributed by atoms with Crippen LogP contribution in [0, 0.1) is 23.2 Å². The first kappa shape index (κ1) is 13.4. The van der Waals surface area contributed by atoms with Crippen molar-refractivity contribution < 1.29 is 4.42 Å². The molecular formula is C14H17N3O2. The topological polar surface area (TPSA) is 81.8 Å². The van der Waals surface area contributed by atoms with Crippen molar-refractivity contribution in [2.75, 3.05) is 7.05 Å². The summed E-state index contributed by atoms with van der Waals surface area (Å²) in [7, 11) is 1.83. The van der Waals surface area contributed by atoms with Crippen molar-refractivity contribution in [3.8, 4) is 6.07 Å². The van der Waals surface area contributed by atoms with Gasteiger partial charge in [-0.05, 0) is 30.7 Å². The molecule has 2 aromatic rings. The molecule has 0 bridgehead atoms. The minimum absolute atomic E-state index is 0.0761. The Hall–Kier alpha value is -2.06. The molecular weight excluding hydrogens is 242 g/mol. The molecule has 2 N–H and O–H groups in total. The molecule has 5 nitrogen and oxygen atoms in total. The number of oxazole rings is 1. The molecule has 0 aliphatic rings. The molecule has 0 saturated carbocycles. The maximum Gasteiger partial charge on any atom is 0.417 e. The van der Waals surface area contributed by atoms with Crippen LogP contribution in [-0.2, 0) is 0 Å². The van der Waals surface area contributed by atoms with Crippen LogP contribution in [0.4, 0.5) is 0 Å². The molecule has 1 aromatic heterocycles. The van der Waals surface area contributed by atoms with E-state index in [9.17, 15) is 10.1 Å². The molecule has 100 valence electrons. The number of benzene rings is 1. The number of hydrogen-bond acceptors (Lipinski definition) is 4. The maximum atomic E-state index is 11.1. The van der Waals surface area contributed by atoms with Gasteiger partial charge >= 0.3 is 5.76 Å². The van der Waals surface area contributed by atoms with Crippen LogP contribution in [0.15, 0.2) is 27.4 Å². The van der Waals surface area contributed by atoms with Crippen LogP contribution >= 0.6 is 0 Å². The van der Waals surface area contributed by atoms with Gasteiger partial charge in [-0.15, -0.1) is 0 Å². The van der Waals surface area contributed by atoms with Crippen molar-refractivity contribution in [1.29, 1.82) is 5.26 Å². The number of aromatic amines is 1. The van der Waals surface area contributed by atoms with Gasteiger partial charge < -0.3 is 9.73 Å². The number of fused-ring (bicyclic) bond motifs is 1. The van der Waals surface area contributed by atoms with Crippen LogP contribution in [0.5, 0.6) is 0 Å². The number of nitrogens with one attached hydrogen (secondary N) is 2. The van der Waals surface area contributed by atoms with Crippen LogP contribution < -0.4 is 11.1 Å². The molecule has 2 atom stereocenters. The Balaban J connectivity index is 2.45. The summed E-state index contributed by atoms with van der Waals surface area (Å²) >= 11 is 0. The third-order valence-corrected chi connectivity index (χ3v) is 3.34. The fourth-order valence-electron chi connectivity index (χ4n) is 2.33. The van der Waals surface area contributed by atoms with E-state index in [0.717, 1.165) is 5.56 Å². The number of aromatic nitrogens is 1. The molecule has 2 rings (SSSR count). The fraction of sp³-hybridized carbons (Fsp3) is 0.429. The van der Waals surface area contributed by atoms with E-state index < -0.39 is 5.76 Å². The van der Waals surface area contributed by atoms with E-state index in [2.05, 4.69) is 16.4 Å². The molecule has 0 aliphatic heterocycles. The smallest absolute Gasteiger partial charge is 0.408 e. The number of hydrogen-bond donors (Lipinski definition) is 2. The summed E-state index contributed by atoms with van der Waals surface area (Å²) in [6, 6.07) is 7.76. The summed E-state index contributed by atoms with van der Waals surface area (Å²) in [4.78, 5) is 13.8. The molecule has 5 heteroatoms. The zero-order valence-corrected chi connectivity index (χ0v) is 11.2. The Morgan fingerprint density at radius 3 is 2.74 bits per heavy atom. The second-order valence-electron chi connectivity index (χ2n) is 4.94. The van der Waals surface area contributed by atoms with Crippen LogP contribution in [0.2, 0.25) is 0 Å². The standard InChI is InChI=1S/C14H17N3O2/c1-8(2)10(7-15)13(16-3)9-4-5-12-11(6-9)17-14(18)19-12/h4-6,8,10,13,16H,1-3H3,(H,17,18). The second kappa shape index (κ2) is 5.29. The molecule has 1 heterocycles. The number of H-pyrrole nitrogens is 1. The van der Waals surface area contributed by atoms with E-state index in [4.69, 9.17) is 4.42 Å². The van der Waals surface area contributed by atoms with Gasteiger partial charge in [0.1, 0.15) is 0 Å². The van der Waals surface area contributed by atoms with Crippen LogP contribution in [0.1, 0.15) is 25.5 Å². The molecule has 0 spiro atoms. The fourth-order valence-corrected chi connectivity index (χ4v) is 2.33. The molecule has 0 amide bonds. The Morgan fingerprint density at radius 2 is 2.16 bits per heavy atom. The van der Waals surface area contributed by atoms with Gasteiger partial charge in [0.05, 0.1) is 17.5 Å². The maximum absolute atomic E-state index is 11.1. The predicted molar refractivity (Wildman–Crippen MR) is 72.6 cm³/mol. The second-order valence-corrected chi connectivity index (χ2v) is 4.94. The van der Waals surface area contributed by atoms with Gasteiger partial charge in [0, 0.05) is 6.04 Å². The van der Waals surface area contributed by atoms with E-state index in [1.807, 2.05) is 33.0 Å². The van der Waals surface area contributed by atoms with E-state index in [0.29, 0.717) is 11.1 Å². The van der Waals surface area contributed by atoms with E-state index >= 15 is 0 Å². The highest BCUT2D eigenvalue weighted by Crippen LogP contribution is 2.28. The van der Waals surface area contributed by atoms with E-state index in [1.54, 1.807) is 6.07 Å².